The number of aromatic nitrogens is 1. The van der Waals surface area contributed by atoms with Crippen LogP contribution in [0.4, 0.5) is 0 Å². The molecule has 0 aliphatic carbocycles. The van der Waals surface area contributed by atoms with Crippen molar-refractivity contribution < 1.29 is 9.53 Å². The number of nitriles is 1. The summed E-state index contributed by atoms with van der Waals surface area (Å²) in [5.74, 6) is -0.977. The smallest absolute Gasteiger partial charge is 0.336 e. The Morgan fingerprint density at radius 1 is 1.07 bits per heavy atom. The molecule has 0 saturated heterocycles. The molecule has 1 atom stereocenters. The van der Waals surface area contributed by atoms with Gasteiger partial charge < -0.3 is 10.1 Å². The van der Waals surface area contributed by atoms with Crippen LogP contribution in [0.3, 0.4) is 0 Å². The highest BCUT2D eigenvalue weighted by Crippen LogP contribution is 2.41. The predicted molar refractivity (Wildman–Crippen MR) is 116 cm³/mol. The Labute approximate surface area is 175 Å². The van der Waals surface area contributed by atoms with Gasteiger partial charge in [-0.2, -0.15) is 5.26 Å². The Balaban J connectivity index is 1.99. The Morgan fingerprint density at radius 3 is 2.53 bits per heavy atom. The highest BCUT2D eigenvalue weighted by Gasteiger charge is 2.34. The molecule has 148 valence electrons. The second kappa shape index (κ2) is 7.84. The standard InChI is InChI=1S/C25H21N3O2/c1-15-21(13-26)24(23(16(2)28-15)25(29)30-3)19-10-7-11-22-20(19)12-18(14-27-22)17-8-5-4-6-9-17/h4-12,14,24,28H,1-3H3. The number of rotatable bonds is 3. The minimum atomic E-state index is -0.528. The third-order valence-corrected chi connectivity index (χ3v) is 5.46. The van der Waals surface area contributed by atoms with Crippen molar-refractivity contribution in [1.82, 2.24) is 10.3 Å². The summed E-state index contributed by atoms with van der Waals surface area (Å²) < 4.78 is 5.06. The van der Waals surface area contributed by atoms with Gasteiger partial charge in [0.25, 0.3) is 0 Å². The van der Waals surface area contributed by atoms with Gasteiger partial charge >= 0.3 is 5.97 Å². The summed E-state index contributed by atoms with van der Waals surface area (Å²) in [7, 11) is 1.36. The highest BCUT2D eigenvalue weighted by molar-refractivity contribution is 5.96. The second-order valence-corrected chi connectivity index (χ2v) is 7.24. The van der Waals surface area contributed by atoms with Crippen LogP contribution in [-0.2, 0) is 9.53 Å². The van der Waals surface area contributed by atoms with E-state index >= 15 is 0 Å². The van der Waals surface area contributed by atoms with Crippen molar-refractivity contribution >= 4 is 16.9 Å². The number of benzene rings is 2. The number of nitrogens with one attached hydrogen (secondary N) is 1. The molecule has 4 rings (SSSR count). The van der Waals surface area contributed by atoms with Crippen molar-refractivity contribution in [3.05, 3.63) is 88.9 Å². The first kappa shape index (κ1) is 19.4. The molecule has 1 unspecified atom stereocenters. The van der Waals surface area contributed by atoms with Crippen LogP contribution >= 0.6 is 0 Å². The maximum atomic E-state index is 12.7. The van der Waals surface area contributed by atoms with Crippen LogP contribution in [0.2, 0.25) is 0 Å². The van der Waals surface area contributed by atoms with Gasteiger partial charge in [-0.3, -0.25) is 4.98 Å². The van der Waals surface area contributed by atoms with Gasteiger partial charge in [-0.1, -0.05) is 42.5 Å². The third kappa shape index (κ3) is 3.23. The van der Waals surface area contributed by atoms with E-state index < -0.39 is 11.9 Å². The topological polar surface area (TPSA) is 75.0 Å². The molecule has 2 heterocycles. The Morgan fingerprint density at radius 2 is 1.83 bits per heavy atom. The van der Waals surface area contributed by atoms with Gasteiger partial charge in [-0.25, -0.2) is 4.79 Å². The molecule has 2 aromatic carbocycles. The van der Waals surface area contributed by atoms with Crippen LogP contribution in [0.15, 0.2) is 83.3 Å². The van der Waals surface area contributed by atoms with Gasteiger partial charge in [0.05, 0.1) is 35.8 Å². The van der Waals surface area contributed by atoms with Crippen molar-refractivity contribution in [2.45, 2.75) is 19.8 Å². The normalized spacial score (nSPS) is 16.3. The zero-order valence-electron chi connectivity index (χ0n) is 17.1. The number of ether oxygens (including phenoxy) is 1. The molecule has 1 aliphatic heterocycles. The minimum absolute atomic E-state index is 0.442. The molecule has 5 heteroatoms. The Kier molecular flexibility index (Phi) is 5.07. The van der Waals surface area contributed by atoms with E-state index in [1.165, 1.54) is 7.11 Å². The number of esters is 1. The van der Waals surface area contributed by atoms with E-state index in [1.54, 1.807) is 0 Å². The average molecular weight is 395 g/mol. The van der Waals surface area contributed by atoms with Gasteiger partial charge in [-0.15, -0.1) is 0 Å². The van der Waals surface area contributed by atoms with Crippen LogP contribution in [0.25, 0.3) is 22.0 Å². The van der Waals surface area contributed by atoms with Gasteiger partial charge in [0.15, 0.2) is 0 Å². The van der Waals surface area contributed by atoms with Gasteiger partial charge in [-0.05, 0) is 37.1 Å². The molecule has 0 radical (unpaired) electrons. The molecule has 0 bridgehead atoms. The molecule has 0 saturated carbocycles. The third-order valence-electron chi connectivity index (χ3n) is 5.46. The van der Waals surface area contributed by atoms with E-state index in [4.69, 9.17) is 4.74 Å². The quantitative estimate of drug-likeness (QED) is 0.643. The lowest BCUT2D eigenvalue weighted by Gasteiger charge is -2.29. The molecule has 1 aromatic heterocycles. The number of methoxy groups -OCH3 is 1. The highest BCUT2D eigenvalue weighted by atomic mass is 16.5. The van der Waals surface area contributed by atoms with Crippen LogP contribution in [0, 0.1) is 11.3 Å². The summed E-state index contributed by atoms with van der Waals surface area (Å²) in [5, 5.41) is 14.0. The van der Waals surface area contributed by atoms with Crippen LogP contribution < -0.4 is 5.32 Å². The van der Waals surface area contributed by atoms with E-state index in [9.17, 15) is 10.1 Å². The number of pyridine rings is 1. The summed E-state index contributed by atoms with van der Waals surface area (Å²) in [4.78, 5) is 17.3. The molecule has 30 heavy (non-hydrogen) atoms. The number of nitrogens with zero attached hydrogens (tertiary/aromatic N) is 2. The lowest BCUT2D eigenvalue weighted by Crippen LogP contribution is -2.28. The number of hydrogen-bond donors (Lipinski definition) is 1. The van der Waals surface area contributed by atoms with Gasteiger partial charge in [0, 0.05) is 28.5 Å². The number of hydrogen-bond acceptors (Lipinski definition) is 5. The minimum Gasteiger partial charge on any atom is -0.466 e. The molecule has 0 fully saturated rings. The number of allylic oxidation sites excluding steroid dienone is 3. The van der Waals surface area contributed by atoms with E-state index in [0.29, 0.717) is 16.8 Å². The fourth-order valence-corrected chi connectivity index (χ4v) is 4.05. The Bertz CT molecular complexity index is 1250. The number of dihydropyridines is 1. The first-order valence-corrected chi connectivity index (χ1v) is 9.66. The number of carbonyl (C=O) groups excluding carboxylic acids is 1. The summed E-state index contributed by atoms with van der Waals surface area (Å²) in [6, 6.07) is 20.2. The van der Waals surface area contributed by atoms with Crippen molar-refractivity contribution in [2.75, 3.05) is 7.11 Å². The van der Waals surface area contributed by atoms with Crippen molar-refractivity contribution in [3.63, 3.8) is 0 Å². The SMILES string of the molecule is COC(=O)C1=C(C)NC(C)=C(C#N)C1c1cccc2ncc(-c3ccccc3)cc12. The van der Waals surface area contributed by atoms with Crippen LogP contribution in [0.5, 0.6) is 0 Å². The molecular formula is C25H21N3O2. The van der Waals surface area contributed by atoms with Crippen molar-refractivity contribution in [3.8, 4) is 17.2 Å². The zero-order chi connectivity index (χ0) is 21.3. The molecule has 0 spiro atoms. The summed E-state index contributed by atoms with van der Waals surface area (Å²) in [6.07, 6.45) is 1.85. The monoisotopic (exact) mass is 395 g/mol. The average Bonchev–Trinajstić information content (AvgIpc) is 2.78. The van der Waals surface area contributed by atoms with E-state index in [1.807, 2.05) is 68.6 Å². The molecule has 5 nitrogen and oxygen atoms in total. The summed E-state index contributed by atoms with van der Waals surface area (Å²) in [5.41, 5.74) is 6.06. The lowest BCUT2D eigenvalue weighted by molar-refractivity contribution is -0.136. The fourth-order valence-electron chi connectivity index (χ4n) is 4.05. The molecule has 3 aromatic rings. The summed E-state index contributed by atoms with van der Waals surface area (Å²) >= 11 is 0. The van der Waals surface area contributed by atoms with Gasteiger partial charge in [0.2, 0.25) is 0 Å². The largest absolute Gasteiger partial charge is 0.466 e. The van der Waals surface area contributed by atoms with E-state index in [2.05, 4.69) is 22.4 Å². The zero-order valence-corrected chi connectivity index (χ0v) is 17.1. The van der Waals surface area contributed by atoms with Crippen molar-refractivity contribution in [2.24, 2.45) is 0 Å². The molecular weight excluding hydrogens is 374 g/mol. The fraction of sp³-hybridized carbons (Fsp3) is 0.160. The van der Waals surface area contributed by atoms with Crippen LogP contribution in [-0.4, -0.2) is 18.1 Å². The predicted octanol–water partition coefficient (Wildman–Crippen LogP) is 4.83. The molecule has 1 aliphatic rings. The first-order chi connectivity index (χ1) is 14.5. The maximum Gasteiger partial charge on any atom is 0.336 e. The first-order valence-electron chi connectivity index (χ1n) is 9.66. The van der Waals surface area contributed by atoms with E-state index in [0.717, 1.165) is 33.3 Å². The van der Waals surface area contributed by atoms with Crippen molar-refractivity contribution in [1.29, 1.82) is 5.26 Å². The molecule has 1 N–H and O–H groups in total. The number of carbonyl (C=O) groups is 1. The Hall–Kier alpha value is -3.91. The van der Waals surface area contributed by atoms with Gasteiger partial charge in [0.1, 0.15) is 0 Å². The summed E-state index contributed by atoms with van der Waals surface area (Å²) in [6.45, 7) is 3.68. The number of fused-ring (bicyclic) bond motifs is 1. The van der Waals surface area contributed by atoms with Crippen LogP contribution in [0.1, 0.15) is 25.3 Å². The lowest BCUT2D eigenvalue weighted by atomic mass is 9.79. The molecule has 0 amide bonds. The maximum absolute atomic E-state index is 12.7. The second-order valence-electron chi connectivity index (χ2n) is 7.24. The van der Waals surface area contributed by atoms with E-state index in [-0.39, 0.29) is 0 Å².